The van der Waals surface area contributed by atoms with E-state index in [0.717, 1.165) is 22.1 Å². The van der Waals surface area contributed by atoms with Crippen molar-refractivity contribution in [3.8, 4) is 11.1 Å². The van der Waals surface area contributed by atoms with Gasteiger partial charge in [-0.05, 0) is 37.1 Å². The van der Waals surface area contributed by atoms with Gasteiger partial charge in [0.2, 0.25) is 11.8 Å². The van der Waals surface area contributed by atoms with E-state index in [0.29, 0.717) is 11.3 Å². The van der Waals surface area contributed by atoms with Crippen molar-refractivity contribution in [1.29, 1.82) is 0 Å². The van der Waals surface area contributed by atoms with Gasteiger partial charge < -0.3 is 20.4 Å². The van der Waals surface area contributed by atoms with Crippen LogP contribution in [-0.4, -0.2) is 31.4 Å². The Hall–Kier alpha value is -3.61. The summed E-state index contributed by atoms with van der Waals surface area (Å²) in [7, 11) is 1.74. The highest BCUT2D eigenvalue weighted by Gasteiger charge is 2.15. The van der Waals surface area contributed by atoms with Crippen molar-refractivity contribution in [2.45, 2.75) is 19.9 Å². The Morgan fingerprint density at radius 1 is 1.14 bits per heavy atom. The molecule has 0 saturated carbocycles. The number of fused-ring (bicyclic) bond motifs is 1. The fourth-order valence-electron chi connectivity index (χ4n) is 3.15. The number of rotatable bonds is 6. The average Bonchev–Trinajstić information content (AvgIpc) is 2.67. The zero-order valence-corrected chi connectivity index (χ0v) is 16.6. The van der Waals surface area contributed by atoms with Gasteiger partial charge in [-0.3, -0.25) is 9.59 Å². The van der Waals surface area contributed by atoms with Crippen LogP contribution in [0, 0.1) is 6.92 Å². The fourth-order valence-corrected chi connectivity index (χ4v) is 3.15. The quantitative estimate of drug-likeness (QED) is 0.625. The summed E-state index contributed by atoms with van der Waals surface area (Å²) in [6.07, 6.45) is 0. The van der Waals surface area contributed by atoms with E-state index in [-0.39, 0.29) is 12.5 Å². The maximum atomic E-state index is 12.1. The number of likely N-dealkylation sites (N-methyl/N-ethyl adjacent to an activating group) is 1. The number of hydrogen-bond acceptors (Lipinski definition) is 5. The van der Waals surface area contributed by atoms with E-state index in [2.05, 4.69) is 5.32 Å². The number of nitrogens with zero attached hydrogens (tertiary/aromatic N) is 1. The molecule has 3 rings (SSSR count). The van der Waals surface area contributed by atoms with E-state index < -0.39 is 17.6 Å². The number of hydrogen-bond donors (Lipinski definition) is 2. The van der Waals surface area contributed by atoms with Crippen LogP contribution in [0.25, 0.3) is 22.1 Å². The lowest BCUT2D eigenvalue weighted by atomic mass is 9.98. The number of amides is 2. The number of carbonyl (C=O) groups is 2. The van der Waals surface area contributed by atoms with Crippen molar-refractivity contribution in [2.75, 3.05) is 18.5 Å². The first kappa shape index (κ1) is 20.1. The molecule has 0 unspecified atom stereocenters. The molecule has 1 aromatic heterocycles. The molecule has 2 amide bonds. The molecule has 0 aliphatic carbocycles. The van der Waals surface area contributed by atoms with Gasteiger partial charge in [0.05, 0.1) is 6.54 Å². The molecule has 2 aromatic carbocycles. The summed E-state index contributed by atoms with van der Waals surface area (Å²) in [5.41, 5.74) is 8.68. The minimum absolute atomic E-state index is 0.0187. The summed E-state index contributed by atoms with van der Waals surface area (Å²) in [4.78, 5) is 37.0. The number of benzene rings is 2. The standard InChI is InChI=1S/C22H23N3O4/c1-13-6-4-5-7-16(13)18-11-21(27)29-19-10-15(8-9-17(18)19)25(3)12-20(26)24-14(2)22(23)28/h4-11,14H,12H2,1-3H3,(H2,23,28)(H,24,26)/t14-/m0/s1. The van der Waals surface area contributed by atoms with Crippen molar-refractivity contribution < 1.29 is 14.0 Å². The summed E-state index contributed by atoms with van der Waals surface area (Å²) in [6.45, 7) is 3.53. The van der Waals surface area contributed by atoms with Crippen LogP contribution in [-0.2, 0) is 9.59 Å². The van der Waals surface area contributed by atoms with Gasteiger partial charge in [-0.25, -0.2) is 4.79 Å². The van der Waals surface area contributed by atoms with Crippen molar-refractivity contribution in [2.24, 2.45) is 5.73 Å². The second kappa shape index (κ2) is 8.18. The zero-order chi connectivity index (χ0) is 21.1. The maximum Gasteiger partial charge on any atom is 0.336 e. The molecule has 29 heavy (non-hydrogen) atoms. The highest BCUT2D eigenvalue weighted by Crippen LogP contribution is 2.31. The number of nitrogens with one attached hydrogen (secondary N) is 1. The molecule has 3 N–H and O–H groups in total. The van der Waals surface area contributed by atoms with Crippen LogP contribution >= 0.6 is 0 Å². The number of nitrogens with two attached hydrogens (primary N) is 1. The Balaban J connectivity index is 1.93. The van der Waals surface area contributed by atoms with Crippen molar-refractivity contribution in [3.63, 3.8) is 0 Å². The summed E-state index contributed by atoms with van der Waals surface area (Å²) < 4.78 is 5.41. The first-order valence-electron chi connectivity index (χ1n) is 9.20. The normalized spacial score (nSPS) is 11.8. The first-order chi connectivity index (χ1) is 13.8. The lowest BCUT2D eigenvalue weighted by Crippen LogP contribution is -2.45. The Morgan fingerprint density at radius 3 is 2.55 bits per heavy atom. The van der Waals surface area contributed by atoms with Crippen molar-refractivity contribution >= 4 is 28.5 Å². The van der Waals surface area contributed by atoms with Crippen LogP contribution in [0.4, 0.5) is 5.69 Å². The largest absolute Gasteiger partial charge is 0.423 e. The summed E-state index contributed by atoms with van der Waals surface area (Å²) in [5, 5.41) is 3.34. The van der Waals surface area contributed by atoms with Crippen LogP contribution in [0.1, 0.15) is 12.5 Å². The van der Waals surface area contributed by atoms with E-state index in [9.17, 15) is 14.4 Å². The molecule has 0 aliphatic rings. The third-order valence-corrected chi connectivity index (χ3v) is 4.79. The Bertz CT molecular complexity index is 1140. The van der Waals surface area contributed by atoms with Crippen LogP contribution in [0.3, 0.4) is 0 Å². The molecule has 1 heterocycles. The first-order valence-corrected chi connectivity index (χ1v) is 9.20. The van der Waals surface area contributed by atoms with Gasteiger partial charge in [0, 0.05) is 35.8 Å². The van der Waals surface area contributed by atoms with Crippen molar-refractivity contribution in [3.05, 3.63) is 64.5 Å². The van der Waals surface area contributed by atoms with Crippen LogP contribution < -0.4 is 21.6 Å². The van der Waals surface area contributed by atoms with E-state index in [1.54, 1.807) is 18.0 Å². The molecule has 150 valence electrons. The number of anilines is 1. The van der Waals surface area contributed by atoms with Gasteiger partial charge in [-0.2, -0.15) is 0 Å². The lowest BCUT2D eigenvalue weighted by Gasteiger charge is -2.20. The minimum atomic E-state index is -0.748. The summed E-state index contributed by atoms with van der Waals surface area (Å²) >= 11 is 0. The molecular formula is C22H23N3O4. The SMILES string of the molecule is Cc1ccccc1-c1cc(=O)oc2cc(N(C)CC(=O)N[C@@H](C)C(N)=O)ccc12. The summed E-state index contributed by atoms with van der Waals surface area (Å²) in [5.74, 6) is -0.939. The molecular weight excluding hydrogens is 370 g/mol. The zero-order valence-electron chi connectivity index (χ0n) is 16.6. The highest BCUT2D eigenvalue weighted by molar-refractivity contribution is 5.96. The van der Waals surface area contributed by atoms with Gasteiger partial charge in [0.25, 0.3) is 0 Å². The average molecular weight is 393 g/mol. The van der Waals surface area contributed by atoms with E-state index in [4.69, 9.17) is 10.2 Å². The molecule has 0 radical (unpaired) electrons. The molecule has 0 saturated heterocycles. The Kier molecular flexibility index (Phi) is 5.68. The van der Waals surface area contributed by atoms with Crippen molar-refractivity contribution in [1.82, 2.24) is 5.32 Å². The fraction of sp³-hybridized carbons (Fsp3) is 0.227. The summed E-state index contributed by atoms with van der Waals surface area (Å²) in [6, 6.07) is 14.0. The van der Waals surface area contributed by atoms with E-state index >= 15 is 0 Å². The molecule has 0 fully saturated rings. The van der Waals surface area contributed by atoms with Gasteiger partial charge in [-0.15, -0.1) is 0 Å². The molecule has 7 heteroatoms. The van der Waals surface area contributed by atoms with E-state index in [1.807, 2.05) is 43.3 Å². The number of carbonyl (C=O) groups excluding carboxylic acids is 2. The predicted octanol–water partition coefficient (Wildman–Crippen LogP) is 2.19. The highest BCUT2D eigenvalue weighted by atomic mass is 16.4. The molecule has 1 atom stereocenters. The van der Waals surface area contributed by atoms with Gasteiger partial charge in [0.15, 0.2) is 0 Å². The van der Waals surface area contributed by atoms with Crippen LogP contribution in [0.5, 0.6) is 0 Å². The second-order valence-corrected chi connectivity index (χ2v) is 7.02. The smallest absolute Gasteiger partial charge is 0.336 e. The number of aryl methyl sites for hydroxylation is 1. The monoisotopic (exact) mass is 393 g/mol. The molecule has 3 aromatic rings. The third kappa shape index (κ3) is 4.45. The topological polar surface area (TPSA) is 106 Å². The molecule has 0 spiro atoms. The van der Waals surface area contributed by atoms with E-state index in [1.165, 1.54) is 13.0 Å². The van der Waals surface area contributed by atoms with Gasteiger partial charge in [0.1, 0.15) is 11.6 Å². The third-order valence-electron chi connectivity index (χ3n) is 4.79. The van der Waals surface area contributed by atoms with Crippen LogP contribution in [0.2, 0.25) is 0 Å². The van der Waals surface area contributed by atoms with Gasteiger partial charge >= 0.3 is 5.63 Å². The molecule has 0 aliphatic heterocycles. The second-order valence-electron chi connectivity index (χ2n) is 7.02. The Labute approximate surface area is 168 Å². The van der Waals surface area contributed by atoms with Crippen LogP contribution in [0.15, 0.2) is 57.7 Å². The lowest BCUT2D eigenvalue weighted by molar-refractivity contribution is -0.126. The maximum absolute atomic E-state index is 12.1. The minimum Gasteiger partial charge on any atom is -0.423 e. The van der Waals surface area contributed by atoms with Gasteiger partial charge in [-0.1, -0.05) is 24.3 Å². The Morgan fingerprint density at radius 2 is 1.86 bits per heavy atom. The molecule has 7 nitrogen and oxygen atoms in total. The molecule has 0 bridgehead atoms. The number of primary amides is 1. The predicted molar refractivity (Wildman–Crippen MR) is 113 cm³/mol.